The lowest BCUT2D eigenvalue weighted by Crippen LogP contribution is -2.43. The van der Waals surface area contributed by atoms with Crippen molar-refractivity contribution >= 4 is 17.5 Å². The number of likely N-dealkylation sites (tertiary alicyclic amines) is 1. The molecule has 1 fully saturated rings. The summed E-state index contributed by atoms with van der Waals surface area (Å²) >= 11 is 0. The average molecular weight is 328 g/mol. The molecule has 23 heavy (non-hydrogen) atoms. The van der Waals surface area contributed by atoms with Crippen molar-refractivity contribution in [1.29, 1.82) is 0 Å². The topological polar surface area (TPSA) is 66.6 Å². The lowest BCUT2D eigenvalue weighted by molar-refractivity contribution is -0.157. The van der Waals surface area contributed by atoms with Gasteiger partial charge in [0.15, 0.2) is 0 Å². The molecule has 3 heterocycles. The number of likely N-dealkylation sites (N-methyl/N-ethyl adjacent to an activating group) is 1. The number of carbonyl (C=O) groups is 1. The van der Waals surface area contributed by atoms with Crippen LogP contribution in [0.5, 0.6) is 0 Å². The quantitative estimate of drug-likeness (QED) is 0.842. The molecule has 0 bridgehead atoms. The highest BCUT2D eigenvalue weighted by Gasteiger charge is 2.41. The molecule has 124 valence electrons. The summed E-state index contributed by atoms with van der Waals surface area (Å²) in [7, 11) is 1.66. The highest BCUT2D eigenvalue weighted by Crippen LogP contribution is 2.26. The second kappa shape index (κ2) is 5.36. The molecule has 1 saturated heterocycles. The highest BCUT2D eigenvalue weighted by atomic mass is 19.4. The van der Waals surface area contributed by atoms with Gasteiger partial charge in [0.1, 0.15) is 24.7 Å². The third-order valence-electron chi connectivity index (χ3n) is 3.83. The monoisotopic (exact) mass is 328 g/mol. The van der Waals surface area contributed by atoms with Gasteiger partial charge in [0.2, 0.25) is 5.91 Å². The molecule has 1 unspecified atom stereocenters. The van der Waals surface area contributed by atoms with Gasteiger partial charge in [-0.1, -0.05) is 0 Å². The first-order valence-electron chi connectivity index (χ1n) is 7.02. The lowest BCUT2D eigenvalue weighted by atomic mass is 10.2. The summed E-state index contributed by atoms with van der Waals surface area (Å²) in [4.78, 5) is 23.0. The molecule has 0 N–H and O–H groups in total. The highest BCUT2D eigenvalue weighted by molar-refractivity contribution is 5.87. The molecule has 0 radical (unpaired) electrons. The summed E-state index contributed by atoms with van der Waals surface area (Å²) in [6.45, 7) is 0.640. The Kier molecular flexibility index (Phi) is 3.61. The predicted molar refractivity (Wildman–Crippen MR) is 75.0 cm³/mol. The molecule has 1 atom stereocenters. The molecule has 2 aromatic rings. The smallest absolute Gasteiger partial charge is 0.347 e. The maximum Gasteiger partial charge on any atom is 0.406 e. The number of halogens is 3. The van der Waals surface area contributed by atoms with Gasteiger partial charge in [-0.05, 0) is 13.3 Å². The van der Waals surface area contributed by atoms with Crippen LogP contribution in [0.25, 0.3) is 5.78 Å². The molecular formula is C13H15F3N6O. The van der Waals surface area contributed by atoms with Crippen molar-refractivity contribution in [3.63, 3.8) is 0 Å². The fraction of sp³-hybridized carbons (Fsp3) is 0.538. The molecule has 0 spiro atoms. The number of fused-ring (bicyclic) bond motifs is 1. The Balaban J connectivity index is 1.87. The molecule has 0 saturated carbocycles. The molecule has 0 aliphatic carbocycles. The van der Waals surface area contributed by atoms with E-state index in [9.17, 15) is 18.0 Å². The minimum Gasteiger partial charge on any atom is -0.347 e. The molecule has 1 amide bonds. The molecule has 10 heteroatoms. The van der Waals surface area contributed by atoms with E-state index in [4.69, 9.17) is 0 Å². The second-order valence-electron chi connectivity index (χ2n) is 5.52. The number of carbonyl (C=O) groups excluding carboxylic acids is 1. The summed E-state index contributed by atoms with van der Waals surface area (Å²) < 4.78 is 39.0. The molecule has 0 aromatic carbocycles. The second-order valence-corrected chi connectivity index (χ2v) is 5.52. The SMILES string of the molecule is Cc1cc(N(C)C2CCN(CC(F)(F)F)C2=O)n2ncnc2n1. The van der Waals surface area contributed by atoms with Gasteiger partial charge >= 0.3 is 6.18 Å². The zero-order valence-electron chi connectivity index (χ0n) is 12.6. The van der Waals surface area contributed by atoms with Crippen LogP contribution in [0.2, 0.25) is 0 Å². The van der Waals surface area contributed by atoms with Gasteiger partial charge < -0.3 is 9.80 Å². The van der Waals surface area contributed by atoms with E-state index >= 15 is 0 Å². The standard InChI is InChI=1S/C13H15F3N6O/c1-8-5-10(22-12(19-8)17-7-18-22)20(2)9-3-4-21(11(9)23)6-13(14,15)16/h5,7,9H,3-4,6H2,1-2H3. The largest absolute Gasteiger partial charge is 0.406 e. The van der Waals surface area contributed by atoms with Crippen molar-refractivity contribution in [3.05, 3.63) is 18.1 Å². The summed E-state index contributed by atoms with van der Waals surface area (Å²) in [5.41, 5.74) is 0.685. The number of anilines is 1. The molecule has 1 aliphatic heterocycles. The Morgan fingerprint density at radius 2 is 2.17 bits per heavy atom. The van der Waals surface area contributed by atoms with Gasteiger partial charge in [-0.2, -0.15) is 27.8 Å². The maximum absolute atomic E-state index is 12.5. The van der Waals surface area contributed by atoms with Gasteiger partial charge in [0.05, 0.1) is 0 Å². The number of nitrogens with zero attached hydrogens (tertiary/aromatic N) is 6. The summed E-state index contributed by atoms with van der Waals surface area (Å²) in [6, 6.07) is 1.06. The van der Waals surface area contributed by atoms with Gasteiger partial charge in [0, 0.05) is 25.4 Å². The summed E-state index contributed by atoms with van der Waals surface area (Å²) in [5, 5.41) is 4.05. The van der Waals surface area contributed by atoms with Gasteiger partial charge in [0.25, 0.3) is 5.78 Å². The summed E-state index contributed by atoms with van der Waals surface area (Å²) in [6.07, 6.45) is -2.73. The van der Waals surface area contributed by atoms with E-state index in [1.807, 2.05) is 0 Å². The fourth-order valence-corrected chi connectivity index (χ4v) is 2.78. The van der Waals surface area contributed by atoms with Crippen LogP contribution in [-0.2, 0) is 4.79 Å². The van der Waals surface area contributed by atoms with Crippen LogP contribution in [0, 0.1) is 6.92 Å². The normalized spacial score (nSPS) is 18.9. The first-order valence-corrected chi connectivity index (χ1v) is 7.02. The average Bonchev–Trinajstić information content (AvgIpc) is 3.03. The predicted octanol–water partition coefficient (Wildman–Crippen LogP) is 1.03. The van der Waals surface area contributed by atoms with E-state index < -0.39 is 24.7 Å². The van der Waals surface area contributed by atoms with Crippen LogP contribution in [0.15, 0.2) is 12.4 Å². The van der Waals surface area contributed by atoms with Crippen LogP contribution in [-0.4, -0.2) is 62.7 Å². The number of hydrogen-bond donors (Lipinski definition) is 0. The third kappa shape index (κ3) is 2.92. The Hall–Kier alpha value is -2.39. The number of rotatable bonds is 3. The Morgan fingerprint density at radius 3 is 2.87 bits per heavy atom. The van der Waals surface area contributed by atoms with Crippen LogP contribution in [0.3, 0.4) is 0 Å². The van der Waals surface area contributed by atoms with Crippen LogP contribution in [0.1, 0.15) is 12.1 Å². The number of aromatic nitrogens is 4. The number of alkyl halides is 3. The van der Waals surface area contributed by atoms with Crippen molar-refractivity contribution in [2.24, 2.45) is 0 Å². The number of amides is 1. The fourth-order valence-electron chi connectivity index (χ4n) is 2.78. The third-order valence-corrected chi connectivity index (χ3v) is 3.83. The lowest BCUT2D eigenvalue weighted by Gasteiger charge is -2.26. The Bertz CT molecular complexity index is 743. The molecule has 3 rings (SSSR count). The molecular weight excluding hydrogens is 313 g/mol. The van der Waals surface area contributed by atoms with Crippen molar-refractivity contribution in [2.45, 2.75) is 25.6 Å². The van der Waals surface area contributed by atoms with Gasteiger partial charge in [-0.3, -0.25) is 4.79 Å². The van der Waals surface area contributed by atoms with Crippen LogP contribution >= 0.6 is 0 Å². The molecule has 1 aliphatic rings. The first-order chi connectivity index (χ1) is 10.8. The van der Waals surface area contributed by atoms with Crippen molar-refractivity contribution in [2.75, 3.05) is 25.0 Å². The molecule has 2 aromatic heterocycles. The van der Waals surface area contributed by atoms with Gasteiger partial charge in [-0.25, -0.2) is 4.98 Å². The van der Waals surface area contributed by atoms with E-state index in [2.05, 4.69) is 15.1 Å². The Morgan fingerprint density at radius 1 is 1.43 bits per heavy atom. The van der Waals surface area contributed by atoms with E-state index in [0.29, 0.717) is 23.7 Å². The zero-order chi connectivity index (χ0) is 16.8. The van der Waals surface area contributed by atoms with Crippen molar-refractivity contribution in [1.82, 2.24) is 24.5 Å². The van der Waals surface area contributed by atoms with E-state index in [1.165, 1.54) is 10.8 Å². The minimum atomic E-state index is -4.39. The van der Waals surface area contributed by atoms with Crippen LogP contribution in [0.4, 0.5) is 19.0 Å². The van der Waals surface area contributed by atoms with E-state index in [0.717, 1.165) is 4.90 Å². The zero-order valence-corrected chi connectivity index (χ0v) is 12.6. The van der Waals surface area contributed by atoms with E-state index in [1.54, 1.807) is 24.9 Å². The maximum atomic E-state index is 12.5. The van der Waals surface area contributed by atoms with E-state index in [-0.39, 0.29) is 6.54 Å². The van der Waals surface area contributed by atoms with Crippen molar-refractivity contribution in [3.8, 4) is 0 Å². The Labute approximate surface area is 129 Å². The van der Waals surface area contributed by atoms with Crippen LogP contribution < -0.4 is 4.90 Å². The minimum absolute atomic E-state index is 0.0813. The molecule has 7 nitrogen and oxygen atoms in total. The number of hydrogen-bond acceptors (Lipinski definition) is 5. The van der Waals surface area contributed by atoms with Crippen molar-refractivity contribution < 1.29 is 18.0 Å². The first kappa shape index (κ1) is 15.5. The summed E-state index contributed by atoms with van der Waals surface area (Å²) in [5.74, 6) is 0.411. The number of aryl methyl sites for hydroxylation is 1. The van der Waals surface area contributed by atoms with Gasteiger partial charge in [-0.15, -0.1) is 0 Å².